The Labute approximate surface area is 165 Å². The van der Waals surface area contributed by atoms with Crippen molar-refractivity contribution in [1.82, 2.24) is 14.5 Å². The van der Waals surface area contributed by atoms with Gasteiger partial charge in [-0.1, -0.05) is 12.8 Å². The van der Waals surface area contributed by atoms with Gasteiger partial charge >= 0.3 is 0 Å². The number of nitrogens with zero attached hydrogens (tertiary/aromatic N) is 2. The summed E-state index contributed by atoms with van der Waals surface area (Å²) in [6, 6.07) is 6.26. The van der Waals surface area contributed by atoms with E-state index in [-0.39, 0.29) is 42.3 Å². The van der Waals surface area contributed by atoms with Crippen LogP contribution in [0.15, 0.2) is 29.2 Å². The molecule has 0 atom stereocenters. The Bertz CT molecular complexity index is 795. The van der Waals surface area contributed by atoms with Crippen molar-refractivity contribution in [2.24, 2.45) is 5.92 Å². The van der Waals surface area contributed by atoms with Gasteiger partial charge in [-0.25, -0.2) is 8.42 Å². The van der Waals surface area contributed by atoms with E-state index in [1.807, 2.05) is 0 Å². The number of ether oxygens (including phenoxy) is 1. The minimum Gasteiger partial charge on any atom is -0.497 e. The normalized spacial score (nSPS) is 18.8. The molecule has 1 N–H and O–H groups in total. The Morgan fingerprint density at radius 2 is 1.68 bits per heavy atom. The first-order chi connectivity index (χ1) is 13.4. The molecule has 1 saturated heterocycles. The number of nitrogens with one attached hydrogen (secondary N) is 1. The smallest absolute Gasteiger partial charge is 0.243 e. The van der Waals surface area contributed by atoms with Crippen LogP contribution in [0, 0.1) is 5.92 Å². The molecular formula is C19H27N3O5S. The maximum Gasteiger partial charge on any atom is 0.243 e. The second kappa shape index (κ2) is 8.91. The van der Waals surface area contributed by atoms with E-state index in [0.717, 1.165) is 25.7 Å². The fourth-order valence-electron chi connectivity index (χ4n) is 3.68. The van der Waals surface area contributed by atoms with E-state index >= 15 is 0 Å². The Balaban J connectivity index is 1.50. The van der Waals surface area contributed by atoms with Gasteiger partial charge in [0.2, 0.25) is 21.8 Å². The first-order valence-corrected chi connectivity index (χ1v) is 11.1. The predicted octanol–water partition coefficient (Wildman–Crippen LogP) is 0.834. The molecule has 8 nitrogen and oxygen atoms in total. The molecule has 0 aromatic heterocycles. The summed E-state index contributed by atoms with van der Waals surface area (Å²) in [5, 5.41) is 2.73. The fourth-order valence-corrected chi connectivity index (χ4v) is 5.10. The van der Waals surface area contributed by atoms with Gasteiger partial charge in [-0.15, -0.1) is 0 Å². The minimum atomic E-state index is -3.60. The molecule has 0 unspecified atom stereocenters. The summed E-state index contributed by atoms with van der Waals surface area (Å²) in [6.45, 7) is 1.06. The number of carbonyl (C=O) groups excluding carboxylic acids is 2. The third kappa shape index (κ3) is 4.64. The van der Waals surface area contributed by atoms with Crippen molar-refractivity contribution >= 4 is 21.8 Å². The van der Waals surface area contributed by atoms with Gasteiger partial charge in [0.25, 0.3) is 0 Å². The number of sulfonamides is 1. The minimum absolute atomic E-state index is 0.0271. The van der Waals surface area contributed by atoms with Crippen LogP contribution >= 0.6 is 0 Å². The van der Waals surface area contributed by atoms with Crippen LogP contribution < -0.4 is 10.1 Å². The van der Waals surface area contributed by atoms with Gasteiger partial charge < -0.3 is 15.0 Å². The highest BCUT2D eigenvalue weighted by atomic mass is 32.2. The molecule has 1 aromatic rings. The van der Waals surface area contributed by atoms with Gasteiger partial charge in [-0.3, -0.25) is 9.59 Å². The van der Waals surface area contributed by atoms with Gasteiger partial charge in [0.1, 0.15) is 5.75 Å². The largest absolute Gasteiger partial charge is 0.497 e. The predicted molar refractivity (Wildman–Crippen MR) is 103 cm³/mol. The molecule has 2 aliphatic rings. The zero-order valence-corrected chi connectivity index (χ0v) is 16.9. The summed E-state index contributed by atoms with van der Waals surface area (Å²) in [6.07, 6.45) is 3.91. The SMILES string of the molecule is COc1ccc(S(=O)(=O)N2CCN(C(=O)CNC(=O)C3CCCC3)CC2)cc1. The first-order valence-electron chi connectivity index (χ1n) is 9.61. The molecule has 1 aliphatic carbocycles. The van der Waals surface area contributed by atoms with Gasteiger partial charge in [0, 0.05) is 32.1 Å². The van der Waals surface area contributed by atoms with E-state index in [1.54, 1.807) is 17.0 Å². The van der Waals surface area contributed by atoms with Crippen LogP contribution in [0.4, 0.5) is 0 Å². The van der Waals surface area contributed by atoms with Gasteiger partial charge in [0.05, 0.1) is 18.6 Å². The van der Waals surface area contributed by atoms with Gasteiger partial charge in [-0.05, 0) is 37.1 Å². The molecule has 0 bridgehead atoms. The van der Waals surface area contributed by atoms with Crippen LogP contribution in [0.5, 0.6) is 5.75 Å². The van der Waals surface area contributed by atoms with Crippen molar-refractivity contribution in [2.75, 3.05) is 39.8 Å². The van der Waals surface area contributed by atoms with E-state index < -0.39 is 10.0 Å². The molecule has 1 saturated carbocycles. The Morgan fingerprint density at radius 3 is 2.25 bits per heavy atom. The van der Waals surface area contributed by atoms with Crippen LogP contribution in [0.3, 0.4) is 0 Å². The van der Waals surface area contributed by atoms with Crippen molar-refractivity contribution in [3.8, 4) is 5.75 Å². The number of carbonyl (C=O) groups is 2. The number of methoxy groups -OCH3 is 1. The van der Waals surface area contributed by atoms with Gasteiger partial charge in [0.15, 0.2) is 0 Å². The maximum atomic E-state index is 12.8. The molecule has 0 radical (unpaired) electrons. The number of piperazine rings is 1. The zero-order chi connectivity index (χ0) is 20.1. The average molecular weight is 410 g/mol. The van der Waals surface area contributed by atoms with Crippen molar-refractivity contribution in [3.63, 3.8) is 0 Å². The molecule has 2 fully saturated rings. The van der Waals surface area contributed by atoms with E-state index in [9.17, 15) is 18.0 Å². The highest BCUT2D eigenvalue weighted by Crippen LogP contribution is 2.24. The summed E-state index contributed by atoms with van der Waals surface area (Å²) >= 11 is 0. The first kappa shape index (κ1) is 20.6. The van der Waals surface area contributed by atoms with Crippen molar-refractivity contribution in [3.05, 3.63) is 24.3 Å². The zero-order valence-electron chi connectivity index (χ0n) is 16.1. The summed E-state index contributed by atoms with van der Waals surface area (Å²) in [4.78, 5) is 26.2. The number of hydrogen-bond donors (Lipinski definition) is 1. The van der Waals surface area contributed by atoms with E-state index in [0.29, 0.717) is 18.8 Å². The van der Waals surface area contributed by atoms with Crippen molar-refractivity contribution < 1.29 is 22.7 Å². The van der Waals surface area contributed by atoms with E-state index in [1.165, 1.54) is 23.5 Å². The second-order valence-corrected chi connectivity index (χ2v) is 9.10. The summed E-state index contributed by atoms with van der Waals surface area (Å²) in [5.74, 6) is 0.396. The monoisotopic (exact) mass is 409 g/mol. The average Bonchev–Trinajstić information content (AvgIpc) is 3.27. The lowest BCUT2D eigenvalue weighted by atomic mass is 10.1. The maximum absolute atomic E-state index is 12.8. The Kier molecular flexibility index (Phi) is 6.56. The molecular weight excluding hydrogens is 382 g/mol. The lowest BCUT2D eigenvalue weighted by molar-refractivity contribution is -0.134. The van der Waals surface area contributed by atoms with Crippen LogP contribution in [0.1, 0.15) is 25.7 Å². The molecule has 1 aromatic carbocycles. The van der Waals surface area contributed by atoms with Crippen molar-refractivity contribution in [2.45, 2.75) is 30.6 Å². The summed E-state index contributed by atoms with van der Waals surface area (Å²) < 4.78 is 31.9. The second-order valence-electron chi connectivity index (χ2n) is 7.16. The molecule has 1 aliphatic heterocycles. The number of amides is 2. The highest BCUT2D eigenvalue weighted by molar-refractivity contribution is 7.89. The molecule has 1 heterocycles. The third-order valence-electron chi connectivity index (χ3n) is 5.43. The topological polar surface area (TPSA) is 96.0 Å². The lowest BCUT2D eigenvalue weighted by Crippen LogP contribution is -2.52. The number of hydrogen-bond acceptors (Lipinski definition) is 5. The van der Waals surface area contributed by atoms with Crippen LogP contribution in [-0.2, 0) is 19.6 Å². The summed E-state index contributed by atoms with van der Waals surface area (Å²) in [7, 11) is -2.08. The van der Waals surface area contributed by atoms with Crippen LogP contribution in [-0.4, -0.2) is 69.3 Å². The number of benzene rings is 1. The standard InChI is InChI=1S/C19H27N3O5S/c1-27-16-6-8-17(9-7-16)28(25,26)22-12-10-21(11-13-22)18(23)14-20-19(24)15-4-2-3-5-15/h6-9,15H,2-5,10-14H2,1H3,(H,20,24). The highest BCUT2D eigenvalue weighted by Gasteiger charge is 2.30. The van der Waals surface area contributed by atoms with E-state index in [4.69, 9.17) is 4.74 Å². The van der Waals surface area contributed by atoms with E-state index in [2.05, 4.69) is 5.32 Å². The molecule has 2 amide bonds. The summed E-state index contributed by atoms with van der Waals surface area (Å²) in [5.41, 5.74) is 0. The number of rotatable bonds is 6. The molecule has 0 spiro atoms. The molecule has 9 heteroatoms. The molecule has 3 rings (SSSR count). The van der Waals surface area contributed by atoms with Gasteiger partial charge in [-0.2, -0.15) is 4.31 Å². The third-order valence-corrected chi connectivity index (χ3v) is 7.34. The fraction of sp³-hybridized carbons (Fsp3) is 0.579. The quantitative estimate of drug-likeness (QED) is 0.751. The van der Waals surface area contributed by atoms with Crippen LogP contribution in [0.2, 0.25) is 0 Å². The van der Waals surface area contributed by atoms with Crippen LogP contribution in [0.25, 0.3) is 0 Å². The Morgan fingerprint density at radius 1 is 1.07 bits per heavy atom. The lowest BCUT2D eigenvalue weighted by Gasteiger charge is -2.34. The Hall–Kier alpha value is -2.13. The molecule has 154 valence electrons. The molecule has 28 heavy (non-hydrogen) atoms. The van der Waals surface area contributed by atoms with Crippen molar-refractivity contribution in [1.29, 1.82) is 0 Å².